The van der Waals surface area contributed by atoms with E-state index >= 15 is 0 Å². The lowest BCUT2D eigenvalue weighted by Gasteiger charge is -2.07. The topological polar surface area (TPSA) is 114 Å². The second-order valence-electron chi connectivity index (χ2n) is 4.45. The summed E-state index contributed by atoms with van der Waals surface area (Å²) >= 11 is 5.03. The monoisotopic (exact) mass is 331 g/mol. The third-order valence-corrected chi connectivity index (χ3v) is 2.94. The molecule has 0 saturated carbocycles. The second-order valence-corrected chi connectivity index (χ2v) is 4.86. The highest BCUT2D eigenvalue weighted by Gasteiger charge is 2.04. The van der Waals surface area contributed by atoms with E-state index in [0.29, 0.717) is 11.3 Å². The van der Waals surface area contributed by atoms with Gasteiger partial charge in [-0.3, -0.25) is 5.43 Å². The first-order valence-electron chi connectivity index (χ1n) is 6.41. The lowest BCUT2D eigenvalue weighted by molar-refractivity contribution is 0.0697. The Morgan fingerprint density at radius 1 is 1.17 bits per heavy atom. The van der Waals surface area contributed by atoms with Gasteiger partial charge in [0.1, 0.15) is 11.5 Å². The fourth-order valence-corrected chi connectivity index (χ4v) is 1.86. The zero-order valence-electron chi connectivity index (χ0n) is 11.7. The Labute approximate surface area is 136 Å². The molecule has 2 rings (SSSR count). The molecule has 23 heavy (non-hydrogen) atoms. The van der Waals surface area contributed by atoms with Crippen LogP contribution in [0, 0.1) is 0 Å². The van der Waals surface area contributed by atoms with Crippen molar-refractivity contribution >= 4 is 35.2 Å². The minimum atomic E-state index is -1.03. The number of carboxylic acid groups (broad SMARTS) is 1. The molecule has 0 amide bonds. The highest BCUT2D eigenvalue weighted by molar-refractivity contribution is 7.80. The van der Waals surface area contributed by atoms with Gasteiger partial charge in [-0.1, -0.05) is 6.07 Å². The van der Waals surface area contributed by atoms with Gasteiger partial charge in [-0.25, -0.2) is 4.79 Å². The van der Waals surface area contributed by atoms with E-state index in [2.05, 4.69) is 15.8 Å². The van der Waals surface area contributed by atoms with Crippen LogP contribution in [-0.4, -0.2) is 32.6 Å². The summed E-state index contributed by atoms with van der Waals surface area (Å²) in [5, 5.41) is 34.5. The number of anilines is 1. The van der Waals surface area contributed by atoms with Gasteiger partial charge in [-0.15, -0.1) is 0 Å². The number of benzene rings is 2. The summed E-state index contributed by atoms with van der Waals surface area (Å²) in [6.07, 6.45) is 1.33. The number of hydrazone groups is 1. The number of hydrogen-bond donors (Lipinski definition) is 5. The van der Waals surface area contributed by atoms with Crippen LogP contribution in [0.4, 0.5) is 5.69 Å². The fraction of sp³-hybridized carbons (Fsp3) is 0. The Morgan fingerprint density at radius 3 is 2.65 bits per heavy atom. The summed E-state index contributed by atoms with van der Waals surface area (Å²) in [5.41, 5.74) is 3.57. The Kier molecular flexibility index (Phi) is 5.11. The zero-order chi connectivity index (χ0) is 16.8. The number of nitrogens with one attached hydrogen (secondary N) is 2. The molecule has 0 atom stereocenters. The van der Waals surface area contributed by atoms with Gasteiger partial charge < -0.3 is 20.6 Å². The predicted molar refractivity (Wildman–Crippen MR) is 90.1 cm³/mol. The lowest BCUT2D eigenvalue weighted by Crippen LogP contribution is -2.24. The van der Waals surface area contributed by atoms with Crippen LogP contribution in [0.5, 0.6) is 11.5 Å². The summed E-state index contributed by atoms with van der Waals surface area (Å²) in [7, 11) is 0. The number of hydrogen-bond acceptors (Lipinski definition) is 5. The molecule has 0 aliphatic heterocycles. The van der Waals surface area contributed by atoms with Crippen molar-refractivity contribution in [2.75, 3.05) is 5.32 Å². The van der Waals surface area contributed by atoms with Crippen LogP contribution in [0.25, 0.3) is 0 Å². The van der Waals surface area contributed by atoms with Crippen molar-refractivity contribution in [2.24, 2.45) is 5.10 Å². The fourth-order valence-electron chi connectivity index (χ4n) is 1.69. The van der Waals surface area contributed by atoms with Crippen LogP contribution in [0.3, 0.4) is 0 Å². The van der Waals surface area contributed by atoms with Crippen molar-refractivity contribution in [2.45, 2.75) is 0 Å². The van der Waals surface area contributed by atoms with Crippen LogP contribution in [0.15, 0.2) is 47.6 Å². The smallest absolute Gasteiger partial charge is 0.335 e. The summed E-state index contributed by atoms with van der Waals surface area (Å²) < 4.78 is 0. The molecule has 118 valence electrons. The van der Waals surface area contributed by atoms with Crippen molar-refractivity contribution in [3.63, 3.8) is 0 Å². The quantitative estimate of drug-likeness (QED) is 0.331. The standard InChI is InChI=1S/C15H13N3O4S/c19-12-5-4-10(13(20)7-12)8-16-18-15(23)17-11-3-1-2-9(6-11)14(21)22/h1-8,19-20H,(H,21,22)(H2,17,18,23). The predicted octanol–water partition coefficient (Wildman–Crippen LogP) is 2.12. The van der Waals surface area contributed by atoms with E-state index in [1.165, 1.54) is 36.5 Å². The maximum Gasteiger partial charge on any atom is 0.335 e. The molecular weight excluding hydrogens is 318 g/mol. The molecule has 5 N–H and O–H groups in total. The number of phenolic OH excluding ortho intramolecular Hbond substituents is 2. The number of aromatic hydroxyl groups is 2. The number of rotatable bonds is 4. The minimum Gasteiger partial charge on any atom is -0.508 e. The van der Waals surface area contributed by atoms with E-state index in [-0.39, 0.29) is 22.2 Å². The second kappa shape index (κ2) is 7.23. The van der Waals surface area contributed by atoms with E-state index in [1.54, 1.807) is 12.1 Å². The molecule has 0 radical (unpaired) electrons. The highest BCUT2D eigenvalue weighted by atomic mass is 32.1. The van der Waals surface area contributed by atoms with Gasteiger partial charge in [-0.2, -0.15) is 5.10 Å². The summed E-state index contributed by atoms with van der Waals surface area (Å²) in [6.45, 7) is 0. The van der Waals surface area contributed by atoms with E-state index in [4.69, 9.17) is 17.3 Å². The first kappa shape index (κ1) is 16.2. The number of carbonyl (C=O) groups is 1. The Bertz CT molecular complexity index is 777. The van der Waals surface area contributed by atoms with Gasteiger partial charge >= 0.3 is 5.97 Å². The number of nitrogens with zero attached hydrogens (tertiary/aromatic N) is 1. The van der Waals surface area contributed by atoms with Gasteiger partial charge in [-0.05, 0) is 42.5 Å². The number of phenols is 2. The Morgan fingerprint density at radius 2 is 1.96 bits per heavy atom. The number of thiocarbonyl (C=S) groups is 1. The van der Waals surface area contributed by atoms with Gasteiger partial charge in [0, 0.05) is 17.3 Å². The van der Waals surface area contributed by atoms with Gasteiger partial charge in [0.2, 0.25) is 0 Å². The molecule has 0 bridgehead atoms. The maximum absolute atomic E-state index is 10.9. The van der Waals surface area contributed by atoms with E-state index < -0.39 is 5.97 Å². The third kappa shape index (κ3) is 4.68. The van der Waals surface area contributed by atoms with Crippen LogP contribution in [-0.2, 0) is 0 Å². The van der Waals surface area contributed by atoms with Crippen molar-refractivity contribution in [3.05, 3.63) is 53.6 Å². The first-order valence-corrected chi connectivity index (χ1v) is 6.82. The number of aromatic carboxylic acids is 1. The molecule has 0 spiro atoms. The summed E-state index contributed by atoms with van der Waals surface area (Å²) in [4.78, 5) is 10.9. The van der Waals surface area contributed by atoms with Crippen LogP contribution in [0.1, 0.15) is 15.9 Å². The molecule has 7 nitrogen and oxygen atoms in total. The van der Waals surface area contributed by atoms with Gasteiger partial charge in [0.15, 0.2) is 5.11 Å². The highest BCUT2D eigenvalue weighted by Crippen LogP contribution is 2.20. The summed E-state index contributed by atoms with van der Waals surface area (Å²) in [6, 6.07) is 10.2. The lowest BCUT2D eigenvalue weighted by atomic mass is 10.2. The van der Waals surface area contributed by atoms with Crippen molar-refractivity contribution in [3.8, 4) is 11.5 Å². The molecule has 0 unspecified atom stereocenters. The largest absolute Gasteiger partial charge is 0.508 e. The third-order valence-electron chi connectivity index (χ3n) is 2.75. The molecule has 2 aromatic carbocycles. The van der Waals surface area contributed by atoms with E-state index in [1.807, 2.05) is 0 Å². The van der Waals surface area contributed by atoms with E-state index in [9.17, 15) is 15.0 Å². The average Bonchev–Trinajstić information content (AvgIpc) is 2.49. The molecule has 0 heterocycles. The zero-order valence-corrected chi connectivity index (χ0v) is 12.5. The molecule has 8 heteroatoms. The van der Waals surface area contributed by atoms with Crippen molar-refractivity contribution < 1.29 is 20.1 Å². The number of carboxylic acids is 1. The average molecular weight is 331 g/mol. The molecule has 0 aliphatic rings. The first-order chi connectivity index (χ1) is 11.0. The van der Waals surface area contributed by atoms with Crippen molar-refractivity contribution in [1.29, 1.82) is 0 Å². The SMILES string of the molecule is O=C(O)c1cccc(NC(=S)NN=Cc2ccc(O)cc2O)c1. The Balaban J connectivity index is 1.96. The Hall–Kier alpha value is -3.13. The maximum atomic E-state index is 10.9. The molecular formula is C15H13N3O4S. The summed E-state index contributed by atoms with van der Waals surface area (Å²) in [5.74, 6) is -1.21. The minimum absolute atomic E-state index is 0.0527. The van der Waals surface area contributed by atoms with Crippen LogP contribution in [0.2, 0.25) is 0 Å². The van der Waals surface area contributed by atoms with Gasteiger partial charge in [0.05, 0.1) is 11.8 Å². The molecule has 0 aromatic heterocycles. The van der Waals surface area contributed by atoms with Crippen molar-refractivity contribution in [1.82, 2.24) is 5.43 Å². The van der Waals surface area contributed by atoms with Crippen LogP contribution >= 0.6 is 12.2 Å². The van der Waals surface area contributed by atoms with Crippen LogP contribution < -0.4 is 10.7 Å². The van der Waals surface area contributed by atoms with Gasteiger partial charge in [0.25, 0.3) is 0 Å². The molecule has 0 aliphatic carbocycles. The molecule has 0 saturated heterocycles. The van der Waals surface area contributed by atoms with E-state index in [0.717, 1.165) is 0 Å². The molecule has 2 aromatic rings. The normalized spacial score (nSPS) is 10.4. The molecule has 0 fully saturated rings.